The van der Waals surface area contributed by atoms with Gasteiger partial charge in [-0.05, 0) is 29.8 Å². The van der Waals surface area contributed by atoms with Gasteiger partial charge in [-0.3, -0.25) is 0 Å². The molecule has 1 atom stereocenters. The van der Waals surface area contributed by atoms with Crippen molar-refractivity contribution in [3.05, 3.63) is 59.4 Å². The van der Waals surface area contributed by atoms with Gasteiger partial charge in [0, 0.05) is 18.3 Å². The number of methoxy groups -OCH3 is 1. The minimum absolute atomic E-state index is 0.0554. The second kappa shape index (κ2) is 6.49. The van der Waals surface area contributed by atoms with Crippen molar-refractivity contribution in [1.29, 1.82) is 0 Å². The first-order valence-corrected chi connectivity index (χ1v) is 6.21. The molecular formula is C15H14F3NO2. The van der Waals surface area contributed by atoms with E-state index in [0.29, 0.717) is 5.69 Å². The largest absolute Gasteiger partial charge is 0.494 e. The molecule has 0 saturated carbocycles. The number of ether oxygens (including phenoxy) is 1. The van der Waals surface area contributed by atoms with E-state index >= 15 is 0 Å². The normalized spacial score (nSPS) is 12.0. The van der Waals surface area contributed by atoms with E-state index < -0.39 is 23.6 Å². The van der Waals surface area contributed by atoms with Crippen LogP contribution in [0.1, 0.15) is 11.7 Å². The Morgan fingerprint density at radius 1 is 1.05 bits per heavy atom. The van der Waals surface area contributed by atoms with Crippen molar-refractivity contribution in [2.45, 2.75) is 6.10 Å². The monoisotopic (exact) mass is 297 g/mol. The highest BCUT2D eigenvalue weighted by atomic mass is 19.2. The molecule has 0 spiro atoms. The Kier molecular flexibility index (Phi) is 4.70. The van der Waals surface area contributed by atoms with Gasteiger partial charge in [0.2, 0.25) is 0 Å². The molecule has 2 aromatic carbocycles. The van der Waals surface area contributed by atoms with Gasteiger partial charge in [0.1, 0.15) is 0 Å². The number of benzene rings is 2. The van der Waals surface area contributed by atoms with Gasteiger partial charge in [-0.2, -0.15) is 0 Å². The third kappa shape index (κ3) is 3.66. The van der Waals surface area contributed by atoms with Gasteiger partial charge in [-0.25, -0.2) is 13.2 Å². The third-order valence-corrected chi connectivity index (χ3v) is 2.98. The average Bonchev–Trinajstić information content (AvgIpc) is 2.48. The van der Waals surface area contributed by atoms with Crippen LogP contribution in [0.2, 0.25) is 0 Å². The van der Waals surface area contributed by atoms with E-state index in [1.807, 2.05) is 0 Å². The molecule has 112 valence electrons. The van der Waals surface area contributed by atoms with E-state index in [-0.39, 0.29) is 17.9 Å². The summed E-state index contributed by atoms with van der Waals surface area (Å²) in [4.78, 5) is 0. The number of hydrogen-bond acceptors (Lipinski definition) is 3. The van der Waals surface area contributed by atoms with Gasteiger partial charge in [-0.15, -0.1) is 0 Å². The predicted octanol–water partition coefficient (Wildman–Crippen LogP) is 3.26. The fourth-order valence-electron chi connectivity index (χ4n) is 1.82. The maximum absolute atomic E-state index is 13.2. The summed E-state index contributed by atoms with van der Waals surface area (Å²) in [5.41, 5.74) is 0.783. The maximum atomic E-state index is 13.2. The summed E-state index contributed by atoms with van der Waals surface area (Å²) in [6, 6.07) is 7.34. The maximum Gasteiger partial charge on any atom is 0.165 e. The van der Waals surface area contributed by atoms with E-state index in [1.54, 1.807) is 0 Å². The third-order valence-electron chi connectivity index (χ3n) is 2.98. The molecule has 0 aliphatic rings. The summed E-state index contributed by atoms with van der Waals surface area (Å²) in [5.74, 6) is -2.41. The smallest absolute Gasteiger partial charge is 0.165 e. The van der Waals surface area contributed by atoms with Gasteiger partial charge < -0.3 is 15.2 Å². The molecule has 0 aliphatic carbocycles. The molecule has 0 heterocycles. The molecule has 2 N–H and O–H groups in total. The van der Waals surface area contributed by atoms with Gasteiger partial charge in [0.15, 0.2) is 23.2 Å². The summed E-state index contributed by atoms with van der Waals surface area (Å²) in [5, 5.41) is 12.8. The number of halogens is 3. The zero-order valence-electron chi connectivity index (χ0n) is 11.2. The topological polar surface area (TPSA) is 41.5 Å². The highest BCUT2D eigenvalue weighted by molar-refractivity contribution is 5.49. The van der Waals surface area contributed by atoms with Crippen molar-refractivity contribution >= 4 is 5.69 Å². The Morgan fingerprint density at radius 2 is 1.76 bits per heavy atom. The molecular weight excluding hydrogens is 283 g/mol. The van der Waals surface area contributed by atoms with Crippen molar-refractivity contribution in [3.8, 4) is 5.75 Å². The van der Waals surface area contributed by atoms with Crippen LogP contribution in [-0.2, 0) is 0 Å². The second-order valence-electron chi connectivity index (χ2n) is 4.42. The number of rotatable bonds is 5. The summed E-state index contributed by atoms with van der Waals surface area (Å²) in [7, 11) is 1.35. The standard InChI is InChI=1S/C15H14F3NO2/c1-21-15-7-10(3-5-12(15)17)19-8-14(20)9-2-4-11(16)13(18)6-9/h2-7,14,19-20H,8H2,1H3. The summed E-state index contributed by atoms with van der Waals surface area (Å²) in [6.45, 7) is 0.0554. The Hall–Kier alpha value is -2.21. The Bertz CT molecular complexity index is 634. The molecule has 21 heavy (non-hydrogen) atoms. The number of aliphatic hydroxyl groups is 1. The fraction of sp³-hybridized carbons (Fsp3) is 0.200. The molecule has 0 saturated heterocycles. The van der Waals surface area contributed by atoms with Gasteiger partial charge >= 0.3 is 0 Å². The van der Waals surface area contributed by atoms with Crippen LogP contribution in [0.5, 0.6) is 5.75 Å². The van der Waals surface area contributed by atoms with Crippen molar-refractivity contribution < 1.29 is 23.0 Å². The van der Waals surface area contributed by atoms with Crippen molar-refractivity contribution in [3.63, 3.8) is 0 Å². The molecule has 0 aromatic heterocycles. The highest BCUT2D eigenvalue weighted by Crippen LogP contribution is 2.22. The van der Waals surface area contributed by atoms with E-state index in [4.69, 9.17) is 4.74 Å². The second-order valence-corrected chi connectivity index (χ2v) is 4.42. The molecule has 2 rings (SSSR count). The molecule has 1 unspecified atom stereocenters. The van der Waals surface area contributed by atoms with E-state index in [9.17, 15) is 18.3 Å². The lowest BCUT2D eigenvalue weighted by Gasteiger charge is -2.14. The molecule has 6 heteroatoms. The number of nitrogens with one attached hydrogen (secondary N) is 1. The molecule has 0 radical (unpaired) electrons. The van der Waals surface area contributed by atoms with Crippen LogP contribution < -0.4 is 10.1 Å². The Labute approximate surface area is 120 Å². The molecule has 0 aliphatic heterocycles. The Morgan fingerprint density at radius 3 is 2.43 bits per heavy atom. The molecule has 0 fully saturated rings. The number of hydrogen-bond donors (Lipinski definition) is 2. The molecule has 2 aromatic rings. The van der Waals surface area contributed by atoms with Crippen LogP contribution in [0, 0.1) is 17.5 Å². The van der Waals surface area contributed by atoms with Gasteiger partial charge in [-0.1, -0.05) is 6.07 Å². The van der Waals surface area contributed by atoms with E-state index in [0.717, 1.165) is 12.1 Å². The Balaban J connectivity index is 2.03. The minimum Gasteiger partial charge on any atom is -0.494 e. The molecule has 0 bridgehead atoms. The van der Waals surface area contributed by atoms with Crippen LogP contribution in [0.3, 0.4) is 0 Å². The first kappa shape index (κ1) is 15.2. The van der Waals surface area contributed by atoms with Gasteiger partial charge in [0.05, 0.1) is 13.2 Å². The van der Waals surface area contributed by atoms with Crippen molar-refractivity contribution in [2.24, 2.45) is 0 Å². The van der Waals surface area contributed by atoms with Crippen LogP contribution in [-0.4, -0.2) is 18.8 Å². The van der Waals surface area contributed by atoms with Crippen LogP contribution in [0.4, 0.5) is 18.9 Å². The van der Waals surface area contributed by atoms with Gasteiger partial charge in [0.25, 0.3) is 0 Å². The number of aliphatic hydroxyl groups excluding tert-OH is 1. The lowest BCUT2D eigenvalue weighted by molar-refractivity contribution is 0.191. The summed E-state index contributed by atoms with van der Waals surface area (Å²) < 4.78 is 44.0. The van der Waals surface area contributed by atoms with Crippen LogP contribution in [0.15, 0.2) is 36.4 Å². The fourth-order valence-corrected chi connectivity index (χ4v) is 1.82. The predicted molar refractivity (Wildman–Crippen MR) is 72.8 cm³/mol. The zero-order chi connectivity index (χ0) is 15.4. The van der Waals surface area contributed by atoms with Crippen molar-refractivity contribution in [1.82, 2.24) is 0 Å². The lowest BCUT2D eigenvalue weighted by Crippen LogP contribution is -2.12. The summed E-state index contributed by atoms with van der Waals surface area (Å²) in [6.07, 6.45) is -1.03. The first-order chi connectivity index (χ1) is 10.0. The van der Waals surface area contributed by atoms with Crippen molar-refractivity contribution in [2.75, 3.05) is 19.0 Å². The lowest BCUT2D eigenvalue weighted by atomic mass is 10.1. The quantitative estimate of drug-likeness (QED) is 0.890. The number of anilines is 1. The first-order valence-electron chi connectivity index (χ1n) is 6.21. The molecule has 0 amide bonds. The van der Waals surface area contributed by atoms with Crippen LogP contribution in [0.25, 0.3) is 0 Å². The van der Waals surface area contributed by atoms with Crippen LogP contribution >= 0.6 is 0 Å². The minimum atomic E-state index is -1.03. The average molecular weight is 297 g/mol. The van der Waals surface area contributed by atoms with E-state index in [1.165, 1.54) is 31.4 Å². The zero-order valence-corrected chi connectivity index (χ0v) is 11.2. The molecule has 3 nitrogen and oxygen atoms in total. The van der Waals surface area contributed by atoms with E-state index in [2.05, 4.69) is 5.32 Å². The summed E-state index contributed by atoms with van der Waals surface area (Å²) >= 11 is 0. The highest BCUT2D eigenvalue weighted by Gasteiger charge is 2.11. The SMILES string of the molecule is COc1cc(NCC(O)c2ccc(F)c(F)c2)ccc1F.